The Morgan fingerprint density at radius 3 is 2.25 bits per heavy atom. The third kappa shape index (κ3) is 4.12. The molecule has 0 saturated carbocycles. The first-order chi connectivity index (χ1) is 17.7. The molecule has 6 rings (SSSR count). The van der Waals surface area contributed by atoms with Gasteiger partial charge in [-0.3, -0.25) is 10.3 Å². The van der Waals surface area contributed by atoms with Gasteiger partial charge in [-0.1, -0.05) is 60.7 Å². The Balaban J connectivity index is 1.31. The molecule has 0 radical (unpaired) electrons. The summed E-state index contributed by atoms with van der Waals surface area (Å²) in [4.78, 5) is 4.88. The predicted molar refractivity (Wildman–Crippen MR) is 146 cm³/mol. The first kappa shape index (κ1) is 23.3. The van der Waals surface area contributed by atoms with Crippen LogP contribution in [0, 0.1) is 11.3 Å². The summed E-state index contributed by atoms with van der Waals surface area (Å²) >= 11 is 0. The average Bonchev–Trinajstić information content (AvgIpc) is 3.14. The number of rotatable bonds is 6. The number of benzene rings is 3. The Morgan fingerprint density at radius 1 is 0.861 bits per heavy atom. The third-order valence-corrected chi connectivity index (χ3v) is 8.78. The molecule has 1 N–H and O–H groups in total. The van der Waals surface area contributed by atoms with Crippen molar-refractivity contribution in [3.8, 4) is 11.5 Å². The van der Waals surface area contributed by atoms with Gasteiger partial charge in [0.1, 0.15) is 17.3 Å². The molecule has 0 spiro atoms. The number of amidine groups is 1. The first-order valence-corrected chi connectivity index (χ1v) is 13.7. The fourth-order valence-corrected chi connectivity index (χ4v) is 7.01. The maximum absolute atomic E-state index is 8.74. The van der Waals surface area contributed by atoms with E-state index in [1.165, 1.54) is 42.4 Å². The fraction of sp³-hybridized carbons (Fsp3) is 0.406. The molecule has 3 aliphatic rings. The molecule has 2 bridgehead atoms. The number of para-hydroxylation sites is 1. The standard InChI is InChI=1S/C32H37N3O/c1-3-34(4-2)32(33)23-14-17-28-30(20-23)36-29-13-9-8-12-27(29)31(28)24-18-25-15-16-26(19-24)35(25)21-22-10-6-5-7-11-22/h5-14,17,20,24-26,31,33H,3-4,15-16,18-19,21H2,1-2H3. The van der Waals surface area contributed by atoms with Crippen molar-refractivity contribution in [1.82, 2.24) is 9.80 Å². The van der Waals surface area contributed by atoms with Crippen molar-refractivity contribution in [3.05, 3.63) is 95.1 Å². The topological polar surface area (TPSA) is 39.6 Å². The Bertz CT molecular complexity index is 1220. The molecule has 4 heteroatoms. The molecule has 2 fully saturated rings. The summed E-state index contributed by atoms with van der Waals surface area (Å²) in [6.45, 7) is 6.96. The van der Waals surface area contributed by atoms with Gasteiger partial charge in [-0.05, 0) is 63.1 Å². The minimum atomic E-state index is 0.351. The van der Waals surface area contributed by atoms with Crippen LogP contribution in [0.25, 0.3) is 0 Å². The monoisotopic (exact) mass is 479 g/mol. The molecule has 3 aromatic carbocycles. The highest BCUT2D eigenvalue weighted by Gasteiger charge is 2.45. The average molecular weight is 480 g/mol. The maximum Gasteiger partial charge on any atom is 0.132 e. The molecule has 2 saturated heterocycles. The van der Waals surface area contributed by atoms with Gasteiger partial charge in [0.15, 0.2) is 0 Å². The highest BCUT2D eigenvalue weighted by Crippen LogP contribution is 2.53. The first-order valence-electron chi connectivity index (χ1n) is 13.7. The summed E-state index contributed by atoms with van der Waals surface area (Å²) in [5, 5.41) is 8.74. The van der Waals surface area contributed by atoms with Crippen molar-refractivity contribution in [1.29, 1.82) is 5.41 Å². The van der Waals surface area contributed by atoms with Crippen LogP contribution in [0.1, 0.15) is 67.7 Å². The number of nitrogens with zero attached hydrogens (tertiary/aromatic N) is 2. The van der Waals surface area contributed by atoms with Crippen LogP contribution in [-0.4, -0.2) is 40.8 Å². The second-order valence-electron chi connectivity index (χ2n) is 10.7. The van der Waals surface area contributed by atoms with Gasteiger partial charge in [0.25, 0.3) is 0 Å². The number of nitrogens with one attached hydrogen (secondary N) is 1. The van der Waals surface area contributed by atoms with Crippen LogP contribution in [0.5, 0.6) is 11.5 Å². The lowest BCUT2D eigenvalue weighted by Gasteiger charge is -2.43. The van der Waals surface area contributed by atoms with Crippen LogP contribution < -0.4 is 4.74 Å². The van der Waals surface area contributed by atoms with E-state index in [0.717, 1.165) is 36.7 Å². The largest absolute Gasteiger partial charge is 0.457 e. The molecule has 3 unspecified atom stereocenters. The van der Waals surface area contributed by atoms with E-state index in [0.29, 0.717) is 29.8 Å². The zero-order chi connectivity index (χ0) is 24.6. The van der Waals surface area contributed by atoms with Crippen LogP contribution in [0.3, 0.4) is 0 Å². The maximum atomic E-state index is 8.74. The second kappa shape index (κ2) is 9.74. The summed E-state index contributed by atoms with van der Waals surface area (Å²) in [6, 6.07) is 27.4. The summed E-state index contributed by atoms with van der Waals surface area (Å²) in [5.74, 6) is 3.46. The number of hydrogen-bond acceptors (Lipinski definition) is 3. The molecule has 3 heterocycles. The number of fused-ring (bicyclic) bond motifs is 4. The van der Waals surface area contributed by atoms with Crippen LogP contribution >= 0.6 is 0 Å². The molecule has 0 aliphatic carbocycles. The minimum absolute atomic E-state index is 0.351. The van der Waals surface area contributed by atoms with E-state index >= 15 is 0 Å². The highest BCUT2D eigenvalue weighted by molar-refractivity contribution is 5.97. The minimum Gasteiger partial charge on any atom is -0.457 e. The lowest BCUT2D eigenvalue weighted by Crippen LogP contribution is -2.44. The molecular weight excluding hydrogens is 442 g/mol. The molecule has 4 nitrogen and oxygen atoms in total. The van der Waals surface area contributed by atoms with Crippen molar-refractivity contribution in [2.45, 2.75) is 64.1 Å². The van der Waals surface area contributed by atoms with Gasteiger partial charge in [0, 0.05) is 54.3 Å². The van der Waals surface area contributed by atoms with Crippen molar-refractivity contribution in [2.75, 3.05) is 13.1 Å². The van der Waals surface area contributed by atoms with E-state index in [9.17, 15) is 0 Å². The summed E-state index contributed by atoms with van der Waals surface area (Å²) in [5.41, 5.74) is 4.99. The van der Waals surface area contributed by atoms with Crippen molar-refractivity contribution in [2.24, 2.45) is 5.92 Å². The van der Waals surface area contributed by atoms with Crippen LogP contribution in [-0.2, 0) is 6.54 Å². The SMILES string of the molecule is CCN(CC)C(=N)c1ccc2c(c1)Oc1ccccc1C2C1CC2CCC(C1)N2Cc1ccccc1. The quantitative estimate of drug-likeness (QED) is 0.305. The lowest BCUT2D eigenvalue weighted by molar-refractivity contribution is 0.0888. The van der Waals surface area contributed by atoms with E-state index in [4.69, 9.17) is 10.1 Å². The van der Waals surface area contributed by atoms with Crippen LogP contribution in [0.4, 0.5) is 0 Å². The molecule has 3 aliphatic heterocycles. The van der Waals surface area contributed by atoms with E-state index < -0.39 is 0 Å². The van der Waals surface area contributed by atoms with Gasteiger partial charge in [0.05, 0.1) is 0 Å². The normalized spacial score (nSPS) is 24.5. The molecule has 186 valence electrons. The highest BCUT2D eigenvalue weighted by atomic mass is 16.5. The number of hydrogen-bond donors (Lipinski definition) is 1. The molecule has 3 aromatic rings. The fourth-order valence-electron chi connectivity index (χ4n) is 7.01. The molecular formula is C32H37N3O. The zero-order valence-corrected chi connectivity index (χ0v) is 21.5. The second-order valence-corrected chi connectivity index (χ2v) is 10.7. The van der Waals surface area contributed by atoms with E-state index in [2.05, 4.69) is 96.4 Å². The van der Waals surface area contributed by atoms with Crippen molar-refractivity contribution >= 4 is 5.84 Å². The van der Waals surface area contributed by atoms with Gasteiger partial charge in [-0.2, -0.15) is 0 Å². The summed E-state index contributed by atoms with van der Waals surface area (Å²) in [6.07, 6.45) is 5.09. The van der Waals surface area contributed by atoms with Gasteiger partial charge in [0.2, 0.25) is 0 Å². The van der Waals surface area contributed by atoms with Crippen LogP contribution in [0.2, 0.25) is 0 Å². The van der Waals surface area contributed by atoms with E-state index in [1.54, 1.807) is 0 Å². The summed E-state index contributed by atoms with van der Waals surface area (Å²) < 4.78 is 6.48. The van der Waals surface area contributed by atoms with Crippen molar-refractivity contribution < 1.29 is 4.74 Å². The molecule has 36 heavy (non-hydrogen) atoms. The zero-order valence-electron chi connectivity index (χ0n) is 21.5. The van der Waals surface area contributed by atoms with Gasteiger partial charge < -0.3 is 9.64 Å². The Labute approximate surface area is 215 Å². The third-order valence-electron chi connectivity index (χ3n) is 8.78. The molecule has 0 amide bonds. The van der Waals surface area contributed by atoms with E-state index in [-0.39, 0.29) is 0 Å². The van der Waals surface area contributed by atoms with E-state index in [1.807, 2.05) is 0 Å². The Kier molecular flexibility index (Phi) is 6.30. The smallest absolute Gasteiger partial charge is 0.132 e. The lowest BCUT2D eigenvalue weighted by atomic mass is 9.72. The van der Waals surface area contributed by atoms with Crippen LogP contribution in [0.15, 0.2) is 72.8 Å². The summed E-state index contributed by atoms with van der Waals surface area (Å²) in [7, 11) is 0. The van der Waals surface area contributed by atoms with Crippen molar-refractivity contribution in [3.63, 3.8) is 0 Å². The number of piperidine rings is 1. The molecule has 3 atom stereocenters. The predicted octanol–water partition coefficient (Wildman–Crippen LogP) is 7.03. The number of ether oxygens (including phenoxy) is 1. The van der Waals surface area contributed by atoms with Gasteiger partial charge in [-0.25, -0.2) is 0 Å². The Hall–Kier alpha value is -3.11. The molecule has 0 aromatic heterocycles. The Morgan fingerprint density at radius 2 is 1.53 bits per heavy atom. The van der Waals surface area contributed by atoms with Gasteiger partial charge >= 0.3 is 0 Å². The van der Waals surface area contributed by atoms with Gasteiger partial charge in [-0.15, -0.1) is 0 Å².